The van der Waals surface area contributed by atoms with Crippen LogP contribution in [-0.2, 0) is 35.4 Å². The summed E-state index contributed by atoms with van der Waals surface area (Å²) in [5, 5.41) is 16.9. The topological polar surface area (TPSA) is 118 Å². The van der Waals surface area contributed by atoms with Gasteiger partial charge in [-0.3, -0.25) is 19.4 Å². The van der Waals surface area contributed by atoms with Gasteiger partial charge >= 0.3 is 0 Å². The van der Waals surface area contributed by atoms with Crippen LogP contribution in [0.25, 0.3) is 5.76 Å². The van der Waals surface area contributed by atoms with Crippen molar-refractivity contribution in [2.24, 2.45) is 11.8 Å². The standard InChI is InChI=1S/C50H64N4O7Si/c1-48(2,3)62(10,11)61-50-36(42(53(8)9)44-40(46(50)57)47(51-60-44)59-30-32-21-16-13-17-22-32)26-33-25-35-39(43(55)38(33)45(50)56)37(58-29-31-19-14-12-15-20-31)27-34(41(35)52(6)7)28-54-24-18-23-49(54,4)5/h12-17,19-22,27,33,36,42,55H,18,23-26,28-30H2,1-11H3/t33-,36-,42-,50?/m0/s1. The molecule has 62 heavy (non-hydrogen) atoms. The number of Topliss-reactive ketones (excluding diaryl/α,β-unsaturated/α-hetero) is 2. The zero-order valence-electron chi connectivity index (χ0n) is 38.4. The van der Waals surface area contributed by atoms with Gasteiger partial charge in [-0.2, -0.15) is 0 Å². The molecule has 4 aliphatic rings. The van der Waals surface area contributed by atoms with Crippen molar-refractivity contribution in [3.05, 3.63) is 111 Å². The highest BCUT2D eigenvalue weighted by Gasteiger charge is 2.69. The molecule has 2 fully saturated rings. The van der Waals surface area contributed by atoms with Gasteiger partial charge in [0.2, 0.25) is 11.6 Å². The number of hydrogen-bond donors (Lipinski definition) is 1. The summed E-state index contributed by atoms with van der Waals surface area (Å²) >= 11 is 0. The Labute approximate surface area is 368 Å². The number of likely N-dealkylation sites (tertiary alicyclic amines) is 1. The lowest BCUT2D eigenvalue weighted by atomic mass is 9.57. The molecule has 2 heterocycles. The van der Waals surface area contributed by atoms with E-state index >= 15 is 9.59 Å². The largest absolute Gasteiger partial charge is 0.507 e. The summed E-state index contributed by atoms with van der Waals surface area (Å²) in [7, 11) is 5.05. The minimum Gasteiger partial charge on any atom is -0.507 e. The Morgan fingerprint density at radius 3 is 2.11 bits per heavy atom. The molecule has 4 atom stereocenters. The van der Waals surface area contributed by atoms with Crippen molar-refractivity contribution in [1.82, 2.24) is 15.0 Å². The predicted molar refractivity (Wildman–Crippen MR) is 244 cm³/mol. The Bertz CT molecular complexity index is 2380. The predicted octanol–water partition coefficient (Wildman–Crippen LogP) is 9.56. The van der Waals surface area contributed by atoms with Gasteiger partial charge in [-0.25, -0.2) is 0 Å². The summed E-state index contributed by atoms with van der Waals surface area (Å²) in [6.45, 7) is 17.2. The maximum Gasteiger partial charge on any atom is 0.265 e. The SMILES string of the molecule is CN(C)c1c(CN2CCCC2(C)C)cc(OCc2ccccc2)c2c1C[C@H]1C[C@H]3[C@H](N(C)C)c4onc(OCc5ccccc5)c4C(=O)C3(O[Si](C)(C)C(C)(C)C)C(=O)C1=C2O. The Balaban J connectivity index is 1.32. The maximum atomic E-state index is 16.1. The first-order valence-electron chi connectivity index (χ1n) is 22.1. The average Bonchev–Trinajstić information content (AvgIpc) is 3.78. The van der Waals surface area contributed by atoms with Crippen LogP contribution < -0.4 is 14.4 Å². The molecule has 1 saturated heterocycles. The van der Waals surface area contributed by atoms with Crippen LogP contribution in [0.5, 0.6) is 11.6 Å². The lowest BCUT2D eigenvalue weighted by molar-refractivity contribution is -0.140. The van der Waals surface area contributed by atoms with Gasteiger partial charge in [0.05, 0.1) is 11.6 Å². The van der Waals surface area contributed by atoms with E-state index in [2.05, 4.69) is 68.7 Å². The molecule has 330 valence electrons. The second-order valence-electron chi connectivity index (χ2n) is 20.4. The van der Waals surface area contributed by atoms with Crippen LogP contribution in [0.4, 0.5) is 5.69 Å². The quantitative estimate of drug-likeness (QED) is 0.108. The highest BCUT2D eigenvalue weighted by atomic mass is 28.4. The van der Waals surface area contributed by atoms with Crippen LogP contribution in [-0.4, -0.2) is 85.8 Å². The number of aliphatic hydroxyl groups is 1. The number of benzene rings is 3. The van der Waals surface area contributed by atoms with Gasteiger partial charge in [0.1, 0.15) is 30.3 Å². The molecule has 4 aromatic rings. The Kier molecular flexibility index (Phi) is 11.4. The fourth-order valence-electron chi connectivity index (χ4n) is 10.3. The zero-order valence-corrected chi connectivity index (χ0v) is 39.4. The van der Waals surface area contributed by atoms with Crippen LogP contribution in [0, 0.1) is 11.8 Å². The van der Waals surface area contributed by atoms with E-state index in [1.165, 1.54) is 0 Å². The molecule has 0 amide bonds. The first-order valence-corrected chi connectivity index (χ1v) is 25.0. The normalized spacial score (nSPS) is 23.5. The molecule has 1 aromatic heterocycles. The Morgan fingerprint density at radius 1 is 0.919 bits per heavy atom. The summed E-state index contributed by atoms with van der Waals surface area (Å²) in [6.07, 6.45) is 3.08. The van der Waals surface area contributed by atoms with E-state index in [0.29, 0.717) is 36.5 Å². The molecule has 1 saturated carbocycles. The van der Waals surface area contributed by atoms with E-state index in [4.69, 9.17) is 18.4 Å². The lowest BCUT2D eigenvalue weighted by Gasteiger charge is -2.55. The second kappa shape index (κ2) is 16.1. The summed E-state index contributed by atoms with van der Waals surface area (Å²) in [5.41, 5.74) is 3.81. The number of aromatic nitrogens is 1. The van der Waals surface area contributed by atoms with E-state index in [1.807, 2.05) is 93.8 Å². The number of anilines is 1. The monoisotopic (exact) mass is 860 g/mol. The fraction of sp³-hybridized carbons (Fsp3) is 0.500. The number of carbonyl (C=O) groups is 2. The van der Waals surface area contributed by atoms with Crippen LogP contribution in [0.15, 0.2) is 76.8 Å². The molecule has 11 nitrogen and oxygen atoms in total. The van der Waals surface area contributed by atoms with Crippen molar-refractivity contribution < 1.29 is 33.1 Å². The first-order chi connectivity index (χ1) is 29.3. The molecular weight excluding hydrogens is 797 g/mol. The number of nitrogens with zero attached hydrogens (tertiary/aromatic N) is 4. The number of aliphatic hydroxyl groups excluding tert-OH is 1. The van der Waals surface area contributed by atoms with Crippen LogP contribution in [0.3, 0.4) is 0 Å². The maximum absolute atomic E-state index is 16.1. The molecular formula is C50H64N4O7Si. The van der Waals surface area contributed by atoms with Crippen LogP contribution >= 0.6 is 0 Å². The smallest absolute Gasteiger partial charge is 0.265 e. The number of ketones is 2. The lowest BCUT2D eigenvalue weighted by Crippen LogP contribution is -2.68. The number of rotatable bonds is 12. The molecule has 12 heteroatoms. The van der Waals surface area contributed by atoms with E-state index in [1.54, 1.807) is 0 Å². The Morgan fingerprint density at radius 2 is 1.55 bits per heavy atom. The Hall–Kier alpha value is -4.75. The van der Waals surface area contributed by atoms with Crippen molar-refractivity contribution in [2.75, 3.05) is 39.6 Å². The highest BCUT2D eigenvalue weighted by Crippen LogP contribution is 2.60. The fourth-order valence-corrected chi connectivity index (χ4v) is 11.7. The molecule has 0 radical (unpaired) electrons. The number of carbonyl (C=O) groups excluding carboxylic acids is 2. The van der Waals surface area contributed by atoms with E-state index in [-0.39, 0.29) is 46.6 Å². The molecule has 0 spiro atoms. The van der Waals surface area contributed by atoms with Gasteiger partial charge < -0.3 is 28.4 Å². The van der Waals surface area contributed by atoms with E-state index in [9.17, 15) is 5.11 Å². The third-order valence-electron chi connectivity index (χ3n) is 14.5. The van der Waals surface area contributed by atoms with Gasteiger partial charge in [-0.1, -0.05) is 81.4 Å². The second-order valence-corrected chi connectivity index (χ2v) is 25.1. The average molecular weight is 861 g/mol. The third kappa shape index (κ3) is 7.40. The molecule has 1 unspecified atom stereocenters. The summed E-state index contributed by atoms with van der Waals surface area (Å²) in [4.78, 5) is 38.5. The van der Waals surface area contributed by atoms with Crippen LogP contribution in [0.2, 0.25) is 18.1 Å². The number of fused-ring (bicyclic) bond motifs is 4. The summed E-state index contributed by atoms with van der Waals surface area (Å²) in [5.74, 6) is -1.37. The van der Waals surface area contributed by atoms with Crippen LogP contribution in [0.1, 0.15) is 104 Å². The highest BCUT2D eigenvalue weighted by molar-refractivity contribution is 6.74. The van der Waals surface area contributed by atoms with Crippen molar-refractivity contribution >= 4 is 31.3 Å². The summed E-state index contributed by atoms with van der Waals surface area (Å²) in [6, 6.07) is 21.1. The third-order valence-corrected chi connectivity index (χ3v) is 18.9. The van der Waals surface area contributed by atoms with E-state index in [0.717, 1.165) is 47.3 Å². The minimum absolute atomic E-state index is 0.0282. The van der Waals surface area contributed by atoms with Gasteiger partial charge in [-0.15, -0.1) is 0 Å². The summed E-state index contributed by atoms with van der Waals surface area (Å²) < 4.78 is 26.5. The molecule has 0 bridgehead atoms. The zero-order chi connectivity index (χ0) is 44.5. The minimum atomic E-state index is -2.91. The molecule has 3 aromatic carbocycles. The van der Waals surface area contributed by atoms with Gasteiger partial charge in [0.25, 0.3) is 5.88 Å². The molecule has 8 rings (SSSR count). The number of ether oxygens (including phenoxy) is 2. The van der Waals surface area contributed by atoms with Gasteiger partial charge in [0.15, 0.2) is 19.7 Å². The van der Waals surface area contributed by atoms with Crippen molar-refractivity contribution in [3.8, 4) is 11.6 Å². The van der Waals surface area contributed by atoms with Crippen molar-refractivity contribution in [1.29, 1.82) is 0 Å². The van der Waals surface area contributed by atoms with Crippen molar-refractivity contribution in [2.45, 2.75) is 115 Å². The molecule has 1 N–H and O–H groups in total. The van der Waals surface area contributed by atoms with E-state index < -0.39 is 43.4 Å². The van der Waals surface area contributed by atoms with Crippen molar-refractivity contribution in [3.63, 3.8) is 0 Å². The molecule has 1 aliphatic heterocycles. The molecule has 3 aliphatic carbocycles. The van der Waals surface area contributed by atoms with Gasteiger partial charge in [0, 0.05) is 43.4 Å². The first kappa shape index (κ1) is 43.9. The number of hydrogen-bond acceptors (Lipinski definition) is 11. The van der Waals surface area contributed by atoms with Gasteiger partial charge in [-0.05, 0) is 118 Å².